The number of nitrogens with zero attached hydrogens (tertiary/aromatic N) is 2. The SMILES string of the molecule is COc1cc(N(C(=O)OC(C)(C)C)C(F)F)cc2[nH]cnc12. The van der Waals surface area contributed by atoms with Crippen molar-refractivity contribution in [3.63, 3.8) is 0 Å². The second-order valence-electron chi connectivity index (χ2n) is 5.57. The van der Waals surface area contributed by atoms with E-state index in [0.29, 0.717) is 11.0 Å². The van der Waals surface area contributed by atoms with E-state index in [1.54, 1.807) is 20.8 Å². The van der Waals surface area contributed by atoms with Crippen LogP contribution in [0, 0.1) is 0 Å². The van der Waals surface area contributed by atoms with Crippen LogP contribution < -0.4 is 9.64 Å². The summed E-state index contributed by atoms with van der Waals surface area (Å²) in [5.41, 5.74) is 0.0397. The Morgan fingerprint density at radius 3 is 2.59 bits per heavy atom. The number of rotatable bonds is 3. The first-order valence-corrected chi connectivity index (χ1v) is 6.54. The third kappa shape index (κ3) is 3.26. The average molecular weight is 313 g/mol. The lowest BCUT2D eigenvalue weighted by Gasteiger charge is -2.27. The Hall–Kier alpha value is -2.38. The summed E-state index contributed by atoms with van der Waals surface area (Å²) < 4.78 is 36.8. The van der Waals surface area contributed by atoms with Crippen molar-refractivity contribution in [1.82, 2.24) is 9.97 Å². The van der Waals surface area contributed by atoms with Crippen molar-refractivity contribution in [1.29, 1.82) is 0 Å². The van der Waals surface area contributed by atoms with Crippen molar-refractivity contribution >= 4 is 22.8 Å². The summed E-state index contributed by atoms with van der Waals surface area (Å²) in [5, 5.41) is 0. The van der Waals surface area contributed by atoms with Crippen LogP contribution in [0.3, 0.4) is 0 Å². The van der Waals surface area contributed by atoms with Crippen LogP contribution in [0.15, 0.2) is 18.5 Å². The summed E-state index contributed by atoms with van der Waals surface area (Å²) in [6, 6.07) is 2.71. The summed E-state index contributed by atoms with van der Waals surface area (Å²) >= 11 is 0. The molecule has 2 rings (SSSR count). The number of amides is 1. The number of benzene rings is 1. The van der Waals surface area contributed by atoms with Gasteiger partial charge in [-0.25, -0.2) is 14.7 Å². The molecule has 0 bridgehead atoms. The first-order chi connectivity index (χ1) is 10.2. The van der Waals surface area contributed by atoms with Crippen molar-refractivity contribution < 1.29 is 23.0 Å². The molecule has 2 aromatic rings. The number of aromatic nitrogens is 2. The van der Waals surface area contributed by atoms with Crippen LogP contribution in [-0.2, 0) is 4.74 Å². The van der Waals surface area contributed by atoms with Crippen molar-refractivity contribution in [3.8, 4) is 5.75 Å². The first-order valence-electron chi connectivity index (χ1n) is 6.54. The van der Waals surface area contributed by atoms with Gasteiger partial charge in [0.15, 0.2) is 0 Å². The predicted octanol–water partition coefficient (Wildman–Crippen LogP) is 3.54. The van der Waals surface area contributed by atoms with E-state index in [0.717, 1.165) is 0 Å². The molecule has 1 heterocycles. The van der Waals surface area contributed by atoms with E-state index in [1.165, 1.54) is 25.6 Å². The van der Waals surface area contributed by atoms with Crippen LogP contribution >= 0.6 is 0 Å². The number of hydrogen-bond donors (Lipinski definition) is 1. The van der Waals surface area contributed by atoms with Gasteiger partial charge >= 0.3 is 12.6 Å². The van der Waals surface area contributed by atoms with E-state index in [-0.39, 0.29) is 16.3 Å². The van der Waals surface area contributed by atoms with Crippen LogP contribution in [-0.4, -0.2) is 35.3 Å². The molecule has 0 aliphatic carbocycles. The lowest BCUT2D eigenvalue weighted by Crippen LogP contribution is -2.40. The quantitative estimate of drug-likeness (QED) is 0.880. The van der Waals surface area contributed by atoms with Gasteiger partial charge < -0.3 is 14.5 Å². The molecule has 1 N–H and O–H groups in total. The van der Waals surface area contributed by atoms with Gasteiger partial charge in [-0.3, -0.25) is 0 Å². The number of nitrogens with one attached hydrogen (secondary N) is 1. The number of methoxy groups -OCH3 is 1. The summed E-state index contributed by atoms with van der Waals surface area (Å²) in [5.74, 6) is 0.281. The third-order valence-corrected chi connectivity index (χ3v) is 2.76. The molecular weight excluding hydrogens is 296 g/mol. The molecule has 0 aliphatic heterocycles. The molecule has 1 aromatic heterocycles. The zero-order valence-corrected chi connectivity index (χ0v) is 12.7. The maximum Gasteiger partial charge on any atom is 0.419 e. The number of halogens is 2. The highest BCUT2D eigenvalue weighted by Gasteiger charge is 2.30. The molecule has 6 nitrogen and oxygen atoms in total. The zero-order valence-electron chi connectivity index (χ0n) is 12.7. The molecule has 0 spiro atoms. The normalized spacial score (nSPS) is 11.8. The minimum absolute atomic E-state index is 0.0437. The summed E-state index contributed by atoms with van der Waals surface area (Å²) in [6.07, 6.45) is 0.278. The van der Waals surface area contributed by atoms with E-state index < -0.39 is 18.2 Å². The zero-order chi connectivity index (χ0) is 16.5. The largest absolute Gasteiger partial charge is 0.494 e. The van der Waals surface area contributed by atoms with E-state index >= 15 is 0 Å². The minimum Gasteiger partial charge on any atom is -0.494 e. The topological polar surface area (TPSA) is 67.4 Å². The number of anilines is 1. The first kappa shape index (κ1) is 16.0. The van der Waals surface area contributed by atoms with Crippen molar-refractivity contribution in [2.24, 2.45) is 0 Å². The fourth-order valence-electron chi connectivity index (χ4n) is 1.91. The highest BCUT2D eigenvalue weighted by atomic mass is 19.3. The van der Waals surface area contributed by atoms with Crippen LogP contribution in [0.1, 0.15) is 20.8 Å². The molecule has 120 valence electrons. The summed E-state index contributed by atoms with van der Waals surface area (Å²) in [6.45, 7) is 1.76. The monoisotopic (exact) mass is 313 g/mol. The Bertz CT molecular complexity index is 680. The Morgan fingerprint density at radius 1 is 1.36 bits per heavy atom. The molecule has 0 atom stereocenters. The Labute approximate surface area is 126 Å². The van der Waals surface area contributed by atoms with E-state index in [1.807, 2.05) is 0 Å². The van der Waals surface area contributed by atoms with E-state index in [4.69, 9.17) is 9.47 Å². The van der Waals surface area contributed by atoms with Gasteiger partial charge in [-0.1, -0.05) is 0 Å². The highest BCUT2D eigenvalue weighted by Crippen LogP contribution is 2.31. The standard InChI is InChI=1S/C14H17F2N3O3/c1-14(2,3)22-13(20)19(12(15)16)8-5-9-11(18-7-17-9)10(6-8)21-4/h5-7,12H,1-4H3,(H,17,18). The number of fused-ring (bicyclic) bond motifs is 1. The fourth-order valence-corrected chi connectivity index (χ4v) is 1.91. The average Bonchev–Trinajstić information content (AvgIpc) is 2.83. The number of aromatic amines is 1. The lowest BCUT2D eigenvalue weighted by atomic mass is 10.2. The van der Waals surface area contributed by atoms with Gasteiger partial charge in [0.1, 0.15) is 16.9 Å². The van der Waals surface area contributed by atoms with Crippen LogP contribution in [0.5, 0.6) is 5.75 Å². The summed E-state index contributed by atoms with van der Waals surface area (Å²) in [4.78, 5) is 19.1. The maximum atomic E-state index is 13.3. The molecule has 0 unspecified atom stereocenters. The third-order valence-electron chi connectivity index (χ3n) is 2.76. The molecule has 0 fully saturated rings. The Kier molecular flexibility index (Phi) is 4.20. The van der Waals surface area contributed by atoms with Gasteiger partial charge in [0.25, 0.3) is 0 Å². The molecule has 0 saturated heterocycles. The summed E-state index contributed by atoms with van der Waals surface area (Å²) in [7, 11) is 1.40. The maximum absolute atomic E-state index is 13.3. The number of ether oxygens (including phenoxy) is 2. The van der Waals surface area contributed by atoms with E-state index in [9.17, 15) is 13.6 Å². The molecule has 22 heavy (non-hydrogen) atoms. The van der Waals surface area contributed by atoms with E-state index in [2.05, 4.69) is 9.97 Å². The van der Waals surface area contributed by atoms with Gasteiger partial charge in [0, 0.05) is 6.07 Å². The molecule has 1 aromatic carbocycles. The second kappa shape index (κ2) is 5.78. The van der Waals surface area contributed by atoms with Gasteiger partial charge in [0.05, 0.1) is 24.6 Å². The van der Waals surface area contributed by atoms with Gasteiger partial charge in [-0.2, -0.15) is 8.78 Å². The highest BCUT2D eigenvalue weighted by molar-refractivity contribution is 5.93. The molecule has 0 aliphatic rings. The van der Waals surface area contributed by atoms with Crippen LogP contribution in [0.25, 0.3) is 11.0 Å². The molecule has 1 amide bonds. The number of imidazole rings is 1. The molecular formula is C14H17F2N3O3. The molecule has 0 saturated carbocycles. The smallest absolute Gasteiger partial charge is 0.419 e. The number of carbonyl (C=O) groups is 1. The Morgan fingerprint density at radius 2 is 2.05 bits per heavy atom. The lowest BCUT2D eigenvalue weighted by molar-refractivity contribution is 0.0432. The van der Waals surface area contributed by atoms with Gasteiger partial charge in [0.2, 0.25) is 0 Å². The van der Waals surface area contributed by atoms with Crippen LogP contribution in [0.2, 0.25) is 0 Å². The number of alkyl halides is 2. The van der Waals surface area contributed by atoms with Gasteiger partial charge in [-0.15, -0.1) is 0 Å². The number of carbonyl (C=O) groups excluding carboxylic acids is 1. The number of H-pyrrole nitrogens is 1. The predicted molar refractivity (Wildman–Crippen MR) is 77.4 cm³/mol. The Balaban J connectivity index is 2.46. The number of hydrogen-bond acceptors (Lipinski definition) is 4. The fraction of sp³-hybridized carbons (Fsp3) is 0.429. The minimum atomic E-state index is -3.06. The second-order valence-corrected chi connectivity index (χ2v) is 5.57. The van der Waals surface area contributed by atoms with Crippen molar-refractivity contribution in [2.45, 2.75) is 32.9 Å². The van der Waals surface area contributed by atoms with Crippen molar-refractivity contribution in [3.05, 3.63) is 18.5 Å². The van der Waals surface area contributed by atoms with Gasteiger partial charge in [-0.05, 0) is 26.8 Å². The van der Waals surface area contributed by atoms with Crippen LogP contribution in [0.4, 0.5) is 19.3 Å². The molecule has 0 radical (unpaired) electrons. The van der Waals surface area contributed by atoms with Crippen molar-refractivity contribution in [2.75, 3.05) is 12.0 Å². The molecule has 8 heteroatoms.